The van der Waals surface area contributed by atoms with E-state index in [9.17, 15) is 14.4 Å². The first-order valence-electron chi connectivity index (χ1n) is 15.6. The molecule has 3 heterocycles. The van der Waals surface area contributed by atoms with Crippen molar-refractivity contribution in [2.24, 2.45) is 5.92 Å². The van der Waals surface area contributed by atoms with Crippen LogP contribution in [-0.4, -0.2) is 64.0 Å². The van der Waals surface area contributed by atoms with Gasteiger partial charge in [0.25, 0.3) is 5.56 Å². The minimum atomic E-state index is -0.202. The topological polar surface area (TPSA) is 96.8 Å². The number of methoxy groups -OCH3 is 1. The van der Waals surface area contributed by atoms with Crippen LogP contribution in [0, 0.1) is 5.92 Å². The molecule has 2 aliphatic heterocycles. The van der Waals surface area contributed by atoms with E-state index < -0.39 is 0 Å². The molecule has 0 unspecified atom stereocenters. The average Bonchev–Trinajstić information content (AvgIpc) is 3.02. The minimum absolute atomic E-state index is 0.0579. The van der Waals surface area contributed by atoms with E-state index in [1.54, 1.807) is 4.57 Å². The van der Waals surface area contributed by atoms with Crippen LogP contribution in [0.3, 0.4) is 0 Å². The number of aromatic nitrogens is 2. The molecule has 0 radical (unpaired) electrons. The first kappa shape index (κ1) is 29.1. The lowest BCUT2D eigenvalue weighted by atomic mass is 9.95. The fourth-order valence-corrected chi connectivity index (χ4v) is 6.54. The van der Waals surface area contributed by atoms with Gasteiger partial charge in [0.1, 0.15) is 0 Å². The van der Waals surface area contributed by atoms with Gasteiger partial charge in [0.05, 0.1) is 36.5 Å². The number of anilines is 1. The number of hydrogen-bond acceptors (Lipinski definition) is 7. The Morgan fingerprint density at radius 2 is 1.70 bits per heavy atom. The van der Waals surface area contributed by atoms with Gasteiger partial charge in [-0.05, 0) is 42.5 Å². The van der Waals surface area contributed by atoms with Crippen LogP contribution in [0.25, 0.3) is 5.69 Å². The van der Waals surface area contributed by atoms with Crippen LogP contribution in [-0.2, 0) is 40.3 Å². The van der Waals surface area contributed by atoms with Crippen LogP contribution in [0.4, 0.5) is 5.95 Å². The maximum atomic E-state index is 14.0. The third-order valence-electron chi connectivity index (χ3n) is 9.08. The molecule has 6 rings (SSSR count). The van der Waals surface area contributed by atoms with Crippen LogP contribution < -0.4 is 10.9 Å². The van der Waals surface area contributed by atoms with Crippen molar-refractivity contribution < 1.29 is 14.3 Å². The SMILES string of the molecule is COC(=O)CCc1ccc(CN2CC(C(=O)N3CCc4nc(NC5CCCCC5)n(-c5ccccc5)c(=O)c4C3)C2)cc1. The number of likely N-dealkylation sites (tertiary alicyclic amines) is 1. The third-order valence-corrected chi connectivity index (χ3v) is 9.08. The number of ether oxygens (including phenoxy) is 1. The lowest BCUT2D eigenvalue weighted by molar-refractivity contribution is -0.142. The summed E-state index contributed by atoms with van der Waals surface area (Å²) in [5.41, 5.74) is 4.43. The van der Waals surface area contributed by atoms with Gasteiger partial charge in [0.2, 0.25) is 11.9 Å². The molecule has 9 heteroatoms. The summed E-state index contributed by atoms with van der Waals surface area (Å²) in [5, 5.41) is 3.60. The van der Waals surface area contributed by atoms with Crippen molar-refractivity contribution in [2.75, 3.05) is 32.1 Å². The van der Waals surface area contributed by atoms with Crippen LogP contribution in [0.1, 0.15) is 60.9 Å². The zero-order valence-corrected chi connectivity index (χ0v) is 25.0. The number of fused-ring (bicyclic) bond motifs is 1. The molecule has 0 bridgehead atoms. The number of para-hydroxylation sites is 1. The quantitative estimate of drug-likeness (QED) is 0.379. The first-order valence-corrected chi connectivity index (χ1v) is 15.6. The second-order valence-corrected chi connectivity index (χ2v) is 12.1. The molecule has 1 saturated carbocycles. The van der Waals surface area contributed by atoms with Gasteiger partial charge in [0.15, 0.2) is 0 Å². The van der Waals surface area contributed by atoms with Crippen LogP contribution >= 0.6 is 0 Å². The molecule has 2 aromatic carbocycles. The van der Waals surface area contributed by atoms with Crippen molar-refractivity contribution in [1.82, 2.24) is 19.4 Å². The largest absolute Gasteiger partial charge is 0.469 e. The second-order valence-electron chi connectivity index (χ2n) is 12.1. The lowest BCUT2D eigenvalue weighted by Crippen LogP contribution is -2.55. The van der Waals surface area contributed by atoms with Gasteiger partial charge in [-0.3, -0.25) is 19.3 Å². The van der Waals surface area contributed by atoms with E-state index >= 15 is 0 Å². The molecule has 0 atom stereocenters. The highest BCUT2D eigenvalue weighted by atomic mass is 16.5. The number of benzene rings is 2. The molecule has 3 aromatic rings. The smallest absolute Gasteiger partial charge is 0.305 e. The van der Waals surface area contributed by atoms with Gasteiger partial charge in [0, 0.05) is 45.1 Å². The van der Waals surface area contributed by atoms with E-state index in [-0.39, 0.29) is 23.4 Å². The summed E-state index contributed by atoms with van der Waals surface area (Å²) in [6, 6.07) is 18.3. The number of rotatable bonds is 9. The van der Waals surface area contributed by atoms with Crippen LogP contribution in [0.2, 0.25) is 0 Å². The summed E-state index contributed by atoms with van der Waals surface area (Å²) in [6.07, 6.45) is 7.45. The molecular formula is C34H41N5O4. The summed E-state index contributed by atoms with van der Waals surface area (Å²) in [5.74, 6) is 0.479. The van der Waals surface area contributed by atoms with E-state index in [1.165, 1.54) is 31.9 Å². The molecular weight excluding hydrogens is 542 g/mol. The Bertz CT molecular complexity index is 1490. The highest BCUT2D eigenvalue weighted by Crippen LogP contribution is 2.27. The normalized spacial score (nSPS) is 17.7. The monoisotopic (exact) mass is 583 g/mol. The number of nitrogens with one attached hydrogen (secondary N) is 1. The van der Waals surface area contributed by atoms with E-state index in [1.807, 2.05) is 35.2 Å². The van der Waals surface area contributed by atoms with E-state index in [4.69, 9.17) is 9.72 Å². The van der Waals surface area contributed by atoms with Crippen LogP contribution in [0.15, 0.2) is 59.4 Å². The number of carbonyl (C=O) groups is 2. The Hall–Kier alpha value is -3.98. The average molecular weight is 584 g/mol. The van der Waals surface area contributed by atoms with E-state index in [0.29, 0.717) is 63.0 Å². The lowest BCUT2D eigenvalue weighted by Gasteiger charge is -2.41. The van der Waals surface area contributed by atoms with Crippen LogP contribution in [0.5, 0.6) is 0 Å². The van der Waals surface area contributed by atoms with Crippen molar-refractivity contribution in [3.05, 3.63) is 87.3 Å². The van der Waals surface area contributed by atoms with E-state index in [0.717, 1.165) is 36.3 Å². The van der Waals surface area contributed by atoms with Gasteiger partial charge in [-0.1, -0.05) is 61.7 Å². The van der Waals surface area contributed by atoms with Gasteiger partial charge in [-0.15, -0.1) is 0 Å². The molecule has 9 nitrogen and oxygen atoms in total. The predicted octanol–water partition coefficient (Wildman–Crippen LogP) is 4.10. The molecule has 2 fully saturated rings. The maximum Gasteiger partial charge on any atom is 0.305 e. The summed E-state index contributed by atoms with van der Waals surface area (Å²) >= 11 is 0. The Morgan fingerprint density at radius 1 is 0.977 bits per heavy atom. The number of hydrogen-bond donors (Lipinski definition) is 1. The Morgan fingerprint density at radius 3 is 2.42 bits per heavy atom. The van der Waals surface area contributed by atoms with Crippen molar-refractivity contribution in [2.45, 2.75) is 70.5 Å². The van der Waals surface area contributed by atoms with Crippen molar-refractivity contribution >= 4 is 17.8 Å². The molecule has 1 N–H and O–H groups in total. The fraction of sp³-hybridized carbons (Fsp3) is 0.471. The molecule has 0 spiro atoms. The number of carbonyl (C=O) groups excluding carboxylic acids is 2. The molecule has 43 heavy (non-hydrogen) atoms. The first-order chi connectivity index (χ1) is 21.0. The number of esters is 1. The van der Waals surface area contributed by atoms with Gasteiger partial charge < -0.3 is 15.0 Å². The summed E-state index contributed by atoms with van der Waals surface area (Å²) < 4.78 is 6.42. The number of nitrogens with zero attached hydrogens (tertiary/aromatic N) is 4. The molecule has 3 aliphatic rings. The van der Waals surface area contributed by atoms with Crippen molar-refractivity contribution in [3.63, 3.8) is 0 Å². The second kappa shape index (κ2) is 13.1. The maximum absolute atomic E-state index is 14.0. The Kier molecular flexibility index (Phi) is 8.88. The predicted molar refractivity (Wildman–Crippen MR) is 165 cm³/mol. The fourth-order valence-electron chi connectivity index (χ4n) is 6.54. The van der Waals surface area contributed by atoms with E-state index in [2.05, 4.69) is 34.5 Å². The van der Waals surface area contributed by atoms with Crippen molar-refractivity contribution in [3.8, 4) is 5.69 Å². The van der Waals surface area contributed by atoms with Gasteiger partial charge in [-0.25, -0.2) is 9.55 Å². The molecule has 226 valence electrons. The Balaban J connectivity index is 1.10. The number of aryl methyl sites for hydroxylation is 1. The highest BCUT2D eigenvalue weighted by molar-refractivity contribution is 5.80. The third kappa shape index (κ3) is 6.67. The minimum Gasteiger partial charge on any atom is -0.469 e. The molecule has 1 amide bonds. The van der Waals surface area contributed by atoms with Gasteiger partial charge >= 0.3 is 5.97 Å². The summed E-state index contributed by atoms with van der Waals surface area (Å²) in [6.45, 7) is 3.10. The standard InChI is InChI=1S/C34H41N5O4/c1-43-31(40)17-16-24-12-14-25(15-13-24)20-37-21-26(22-37)32(41)38-19-18-30-29(23-38)33(42)39(28-10-6-3-7-11-28)34(36-30)35-27-8-4-2-5-9-27/h3,6-7,10-15,26-27H,2,4-5,8-9,16-23H2,1H3,(H,35,36). The zero-order chi connectivity index (χ0) is 29.8. The molecule has 1 aromatic heterocycles. The zero-order valence-electron chi connectivity index (χ0n) is 25.0. The number of amides is 1. The van der Waals surface area contributed by atoms with Gasteiger partial charge in [-0.2, -0.15) is 0 Å². The summed E-state index contributed by atoms with van der Waals surface area (Å²) in [7, 11) is 1.41. The highest BCUT2D eigenvalue weighted by Gasteiger charge is 2.37. The summed E-state index contributed by atoms with van der Waals surface area (Å²) in [4.78, 5) is 48.0. The van der Waals surface area contributed by atoms with Crippen molar-refractivity contribution in [1.29, 1.82) is 0 Å². The molecule has 1 aliphatic carbocycles. The Labute approximate surface area is 252 Å². The molecule has 1 saturated heterocycles.